The molecular formula is C15H15ClFN. The van der Waals surface area contributed by atoms with Crippen LogP contribution in [0.2, 0.25) is 5.02 Å². The Hall–Kier alpha value is -1.38. The number of aryl methyl sites for hydroxylation is 1. The molecule has 3 heteroatoms. The lowest BCUT2D eigenvalue weighted by Crippen LogP contribution is -2.15. The van der Waals surface area contributed by atoms with Gasteiger partial charge in [-0.15, -0.1) is 0 Å². The van der Waals surface area contributed by atoms with Crippen molar-refractivity contribution in [3.05, 3.63) is 70.0 Å². The molecule has 1 atom stereocenters. The predicted octanol–water partition coefficient (Wildman–Crippen LogP) is 4.03. The molecule has 2 aromatic carbocycles. The largest absolute Gasteiger partial charge is 0.324 e. The van der Waals surface area contributed by atoms with Crippen molar-refractivity contribution in [2.45, 2.75) is 19.4 Å². The van der Waals surface area contributed by atoms with Crippen LogP contribution in [-0.2, 0) is 6.42 Å². The van der Waals surface area contributed by atoms with E-state index in [0.29, 0.717) is 17.0 Å². The van der Waals surface area contributed by atoms with Crippen LogP contribution < -0.4 is 5.73 Å². The lowest BCUT2D eigenvalue weighted by atomic mass is 9.99. The van der Waals surface area contributed by atoms with Gasteiger partial charge in [0.2, 0.25) is 0 Å². The number of rotatable bonds is 3. The smallest absolute Gasteiger partial charge is 0.129 e. The van der Waals surface area contributed by atoms with Crippen molar-refractivity contribution < 1.29 is 4.39 Å². The Balaban J connectivity index is 2.16. The van der Waals surface area contributed by atoms with E-state index in [1.807, 2.05) is 31.2 Å². The Kier molecular flexibility index (Phi) is 4.00. The molecule has 1 unspecified atom stereocenters. The Morgan fingerprint density at radius 3 is 2.44 bits per heavy atom. The molecule has 18 heavy (non-hydrogen) atoms. The minimum Gasteiger partial charge on any atom is -0.324 e. The molecule has 2 N–H and O–H groups in total. The summed E-state index contributed by atoms with van der Waals surface area (Å²) in [5.74, 6) is -0.345. The van der Waals surface area contributed by atoms with Crippen LogP contribution in [0.15, 0.2) is 42.5 Å². The molecule has 0 aromatic heterocycles. The maximum atomic E-state index is 13.7. The highest BCUT2D eigenvalue weighted by Crippen LogP contribution is 2.22. The van der Waals surface area contributed by atoms with Crippen molar-refractivity contribution in [2.75, 3.05) is 0 Å². The fraction of sp³-hybridized carbons (Fsp3) is 0.200. The molecule has 2 aromatic rings. The molecule has 0 bridgehead atoms. The zero-order chi connectivity index (χ0) is 13.1. The van der Waals surface area contributed by atoms with Gasteiger partial charge in [0.25, 0.3) is 0 Å². The molecule has 1 nitrogen and oxygen atoms in total. The molecule has 0 spiro atoms. The van der Waals surface area contributed by atoms with Crippen molar-refractivity contribution in [1.82, 2.24) is 0 Å². The summed E-state index contributed by atoms with van der Waals surface area (Å²) in [7, 11) is 0. The van der Waals surface area contributed by atoms with Gasteiger partial charge in [-0.1, -0.05) is 47.5 Å². The summed E-state index contributed by atoms with van der Waals surface area (Å²) in [6, 6.07) is 12.3. The number of halogens is 2. The van der Waals surface area contributed by atoms with E-state index in [2.05, 4.69) is 0 Å². The minimum absolute atomic E-state index is 0.345. The Bertz CT molecular complexity index is 537. The van der Waals surface area contributed by atoms with Crippen LogP contribution in [0.4, 0.5) is 4.39 Å². The third-order valence-corrected chi connectivity index (χ3v) is 3.17. The second-order valence-corrected chi connectivity index (χ2v) is 4.90. The lowest BCUT2D eigenvalue weighted by molar-refractivity contribution is 0.580. The van der Waals surface area contributed by atoms with E-state index in [-0.39, 0.29) is 11.9 Å². The van der Waals surface area contributed by atoms with Gasteiger partial charge in [-0.25, -0.2) is 4.39 Å². The first-order valence-corrected chi connectivity index (χ1v) is 6.20. The maximum absolute atomic E-state index is 13.7. The van der Waals surface area contributed by atoms with E-state index >= 15 is 0 Å². The summed E-state index contributed by atoms with van der Waals surface area (Å²) in [6.07, 6.45) is 0.610. The minimum atomic E-state index is -0.357. The highest BCUT2D eigenvalue weighted by molar-refractivity contribution is 6.30. The second kappa shape index (κ2) is 5.51. The first-order chi connectivity index (χ1) is 8.56. The molecule has 0 aliphatic heterocycles. The van der Waals surface area contributed by atoms with Gasteiger partial charge in [-0.2, -0.15) is 0 Å². The van der Waals surface area contributed by atoms with Gasteiger partial charge in [-0.3, -0.25) is 0 Å². The van der Waals surface area contributed by atoms with Crippen LogP contribution in [0.25, 0.3) is 0 Å². The van der Waals surface area contributed by atoms with Crippen molar-refractivity contribution in [1.29, 1.82) is 0 Å². The summed E-state index contributed by atoms with van der Waals surface area (Å²) in [5.41, 5.74) is 8.83. The SMILES string of the molecule is Cc1ccc(CC(N)c2ccc(Cl)cc2F)cc1. The quantitative estimate of drug-likeness (QED) is 0.889. The third kappa shape index (κ3) is 3.09. The standard InChI is InChI=1S/C15H15ClFN/c1-10-2-4-11(5-3-10)8-15(18)13-7-6-12(16)9-14(13)17/h2-7,9,15H,8,18H2,1H3. The van der Waals surface area contributed by atoms with Gasteiger partial charge in [0.15, 0.2) is 0 Å². The lowest BCUT2D eigenvalue weighted by Gasteiger charge is -2.13. The average molecular weight is 264 g/mol. The molecule has 0 saturated carbocycles. The van der Waals surface area contributed by atoms with Gasteiger partial charge in [0.05, 0.1) is 0 Å². The van der Waals surface area contributed by atoms with Gasteiger partial charge in [0.1, 0.15) is 5.82 Å². The van der Waals surface area contributed by atoms with Crippen molar-refractivity contribution in [3.8, 4) is 0 Å². The summed E-state index contributed by atoms with van der Waals surface area (Å²) >= 11 is 5.72. The van der Waals surface area contributed by atoms with Gasteiger partial charge < -0.3 is 5.73 Å². The molecule has 0 aliphatic rings. The Morgan fingerprint density at radius 2 is 1.83 bits per heavy atom. The van der Waals surface area contributed by atoms with E-state index in [1.54, 1.807) is 12.1 Å². The molecule has 0 radical (unpaired) electrons. The first-order valence-electron chi connectivity index (χ1n) is 5.82. The molecule has 0 heterocycles. The van der Waals surface area contributed by atoms with Gasteiger partial charge >= 0.3 is 0 Å². The van der Waals surface area contributed by atoms with Crippen LogP contribution >= 0.6 is 11.6 Å². The summed E-state index contributed by atoms with van der Waals surface area (Å²) in [5, 5.41) is 0.388. The Labute approximate surface area is 111 Å². The number of hydrogen-bond acceptors (Lipinski definition) is 1. The van der Waals surface area contributed by atoms with E-state index in [0.717, 1.165) is 5.56 Å². The molecule has 0 fully saturated rings. The zero-order valence-electron chi connectivity index (χ0n) is 10.2. The molecule has 0 amide bonds. The molecule has 2 rings (SSSR count). The van der Waals surface area contributed by atoms with Crippen molar-refractivity contribution in [2.24, 2.45) is 5.73 Å². The molecule has 0 aliphatic carbocycles. The fourth-order valence-corrected chi connectivity index (χ4v) is 2.05. The molecule has 94 valence electrons. The fourth-order valence-electron chi connectivity index (χ4n) is 1.89. The van der Waals surface area contributed by atoms with Crippen LogP contribution in [0, 0.1) is 12.7 Å². The molecular weight excluding hydrogens is 249 g/mol. The van der Waals surface area contributed by atoms with Crippen LogP contribution in [0.5, 0.6) is 0 Å². The highest BCUT2D eigenvalue weighted by atomic mass is 35.5. The summed E-state index contributed by atoms with van der Waals surface area (Å²) < 4.78 is 13.7. The normalized spacial score (nSPS) is 12.4. The predicted molar refractivity (Wildman–Crippen MR) is 73.2 cm³/mol. The number of nitrogens with two attached hydrogens (primary N) is 1. The van der Waals surface area contributed by atoms with E-state index in [9.17, 15) is 4.39 Å². The first kappa shape index (κ1) is 13.1. The van der Waals surface area contributed by atoms with Gasteiger partial charge in [-0.05, 0) is 31.0 Å². The topological polar surface area (TPSA) is 26.0 Å². The maximum Gasteiger partial charge on any atom is 0.129 e. The highest BCUT2D eigenvalue weighted by Gasteiger charge is 2.12. The van der Waals surface area contributed by atoms with Crippen molar-refractivity contribution >= 4 is 11.6 Å². The van der Waals surface area contributed by atoms with E-state index in [1.165, 1.54) is 11.6 Å². The third-order valence-electron chi connectivity index (χ3n) is 2.94. The van der Waals surface area contributed by atoms with E-state index in [4.69, 9.17) is 17.3 Å². The molecule has 0 saturated heterocycles. The van der Waals surface area contributed by atoms with E-state index < -0.39 is 0 Å². The summed E-state index contributed by atoms with van der Waals surface area (Å²) in [6.45, 7) is 2.03. The van der Waals surface area contributed by atoms with Crippen LogP contribution in [-0.4, -0.2) is 0 Å². The van der Waals surface area contributed by atoms with Crippen LogP contribution in [0.1, 0.15) is 22.7 Å². The summed E-state index contributed by atoms with van der Waals surface area (Å²) in [4.78, 5) is 0. The zero-order valence-corrected chi connectivity index (χ0v) is 10.9. The van der Waals surface area contributed by atoms with Crippen LogP contribution in [0.3, 0.4) is 0 Å². The number of benzene rings is 2. The second-order valence-electron chi connectivity index (χ2n) is 4.46. The Morgan fingerprint density at radius 1 is 1.17 bits per heavy atom. The monoisotopic (exact) mass is 263 g/mol. The van der Waals surface area contributed by atoms with Gasteiger partial charge in [0, 0.05) is 16.6 Å². The average Bonchev–Trinajstić information content (AvgIpc) is 2.32. The van der Waals surface area contributed by atoms with Crippen molar-refractivity contribution in [3.63, 3.8) is 0 Å². The number of hydrogen-bond donors (Lipinski definition) is 1.